The molecule has 0 amide bonds. The summed E-state index contributed by atoms with van der Waals surface area (Å²) in [4.78, 5) is 0. The van der Waals surface area contributed by atoms with Gasteiger partial charge in [0, 0.05) is 16.3 Å². The quantitative estimate of drug-likeness (QED) is 0.167. The Labute approximate surface area is 308 Å². The first-order chi connectivity index (χ1) is 26.3. The number of rotatable bonds is 5. The van der Waals surface area contributed by atoms with Gasteiger partial charge in [0.2, 0.25) is 0 Å². The third-order valence-corrected chi connectivity index (χ3v) is 10.6. The van der Waals surface area contributed by atoms with Crippen molar-refractivity contribution in [2.75, 3.05) is 0 Å². The highest BCUT2D eigenvalue weighted by Gasteiger charge is 2.22. The molecule has 0 saturated carbocycles. The maximum atomic E-state index is 10.3. The zero-order valence-electron chi connectivity index (χ0n) is 28.9. The molecular weight excluding hydrogens is 641 g/mol. The summed E-state index contributed by atoms with van der Waals surface area (Å²) in [7, 11) is 0. The normalized spacial score (nSPS) is 11.4. The average Bonchev–Trinajstić information content (AvgIpc) is 3.57. The highest BCUT2D eigenvalue weighted by Crippen LogP contribution is 2.48. The summed E-state index contributed by atoms with van der Waals surface area (Å²) in [5.74, 6) is 0. The molecule has 2 nitrogen and oxygen atoms in total. The molecule has 1 heterocycles. The van der Waals surface area contributed by atoms with Crippen LogP contribution in [-0.4, -0.2) is 4.57 Å². The summed E-state index contributed by atoms with van der Waals surface area (Å²) in [5.41, 5.74) is 13.1. The number of hydrogen-bond acceptors (Lipinski definition) is 1. The summed E-state index contributed by atoms with van der Waals surface area (Å²) in [6.45, 7) is 0. The van der Waals surface area contributed by atoms with Crippen LogP contribution < -0.4 is 0 Å². The smallest absolute Gasteiger partial charge is 0.0991 e. The van der Waals surface area contributed by atoms with E-state index in [0.717, 1.165) is 49.8 Å². The summed E-state index contributed by atoms with van der Waals surface area (Å²) >= 11 is 0. The summed E-state index contributed by atoms with van der Waals surface area (Å²) in [6, 6.07) is 71.5. The standard InChI is InChI=1S/C51H32N2/c52-33-34-30-31-38(46(32-34)51-44-25-8-6-23-42(44)50(35-16-2-1-3-17-35)43-24-7-9-26-45(43)51)36-18-4-5-19-37(36)39-20-10-13-27-47(39)53-48-28-14-11-21-40(48)41-22-12-15-29-49(41)53/h1-32H. The van der Waals surface area contributed by atoms with Gasteiger partial charge in [0.25, 0.3) is 0 Å². The summed E-state index contributed by atoms with van der Waals surface area (Å²) in [6.07, 6.45) is 0. The molecule has 0 saturated heterocycles. The summed E-state index contributed by atoms with van der Waals surface area (Å²) in [5, 5.41) is 17.4. The molecule has 0 radical (unpaired) electrons. The van der Waals surface area contributed by atoms with Crippen LogP contribution in [0, 0.1) is 11.3 Å². The van der Waals surface area contributed by atoms with Crippen LogP contribution in [-0.2, 0) is 0 Å². The number of benzene rings is 9. The number of nitriles is 1. The molecule has 0 bridgehead atoms. The Kier molecular flexibility index (Phi) is 7.23. The molecule has 53 heavy (non-hydrogen) atoms. The van der Waals surface area contributed by atoms with Crippen LogP contribution in [0.4, 0.5) is 0 Å². The highest BCUT2D eigenvalue weighted by atomic mass is 15.0. The molecule has 0 unspecified atom stereocenters. The van der Waals surface area contributed by atoms with Gasteiger partial charge in [-0.05, 0) is 90.8 Å². The molecule has 10 rings (SSSR count). The first kappa shape index (κ1) is 30.6. The Morgan fingerprint density at radius 2 is 0.774 bits per heavy atom. The molecule has 246 valence electrons. The van der Waals surface area contributed by atoms with Crippen LogP contribution in [0.2, 0.25) is 0 Å². The maximum absolute atomic E-state index is 10.3. The second-order valence-corrected chi connectivity index (χ2v) is 13.5. The van der Waals surface area contributed by atoms with Crippen LogP contribution in [0.3, 0.4) is 0 Å². The molecule has 0 atom stereocenters. The van der Waals surface area contributed by atoms with Gasteiger partial charge in [-0.15, -0.1) is 0 Å². The van der Waals surface area contributed by atoms with E-state index < -0.39 is 0 Å². The number of para-hydroxylation sites is 3. The Morgan fingerprint density at radius 1 is 0.340 bits per heavy atom. The van der Waals surface area contributed by atoms with Crippen molar-refractivity contribution in [2.24, 2.45) is 0 Å². The van der Waals surface area contributed by atoms with Gasteiger partial charge >= 0.3 is 0 Å². The topological polar surface area (TPSA) is 28.7 Å². The van der Waals surface area contributed by atoms with Gasteiger partial charge in [0.15, 0.2) is 0 Å². The molecule has 2 heteroatoms. The number of aromatic nitrogens is 1. The van der Waals surface area contributed by atoms with E-state index in [1.807, 2.05) is 6.07 Å². The summed E-state index contributed by atoms with van der Waals surface area (Å²) < 4.78 is 2.40. The van der Waals surface area contributed by atoms with Crippen molar-refractivity contribution >= 4 is 43.4 Å². The molecule has 0 aliphatic rings. The predicted molar refractivity (Wildman–Crippen MR) is 222 cm³/mol. The molecule has 0 aliphatic carbocycles. The first-order valence-corrected chi connectivity index (χ1v) is 18.0. The van der Waals surface area contributed by atoms with Gasteiger partial charge in [-0.25, -0.2) is 0 Å². The van der Waals surface area contributed by atoms with Crippen molar-refractivity contribution in [1.82, 2.24) is 4.57 Å². The van der Waals surface area contributed by atoms with E-state index in [0.29, 0.717) is 5.56 Å². The maximum Gasteiger partial charge on any atom is 0.0991 e. The van der Waals surface area contributed by atoms with Crippen LogP contribution >= 0.6 is 0 Å². The van der Waals surface area contributed by atoms with Crippen LogP contribution in [0.15, 0.2) is 194 Å². The van der Waals surface area contributed by atoms with Crippen molar-refractivity contribution in [3.05, 3.63) is 200 Å². The van der Waals surface area contributed by atoms with Crippen LogP contribution in [0.25, 0.3) is 93.5 Å². The minimum absolute atomic E-state index is 0.632. The largest absolute Gasteiger partial charge is 0.309 e. The molecule has 9 aromatic carbocycles. The lowest BCUT2D eigenvalue weighted by molar-refractivity contribution is 1.18. The Bertz CT molecular complexity index is 2960. The first-order valence-electron chi connectivity index (χ1n) is 18.0. The lowest BCUT2D eigenvalue weighted by atomic mass is 9.82. The second-order valence-electron chi connectivity index (χ2n) is 13.5. The van der Waals surface area contributed by atoms with Gasteiger partial charge in [0.05, 0.1) is 28.4 Å². The van der Waals surface area contributed by atoms with Crippen LogP contribution in [0.1, 0.15) is 5.56 Å². The lowest BCUT2D eigenvalue weighted by Gasteiger charge is -2.21. The van der Waals surface area contributed by atoms with Gasteiger partial charge in [-0.3, -0.25) is 0 Å². The number of nitrogens with zero attached hydrogens (tertiary/aromatic N) is 2. The third-order valence-electron chi connectivity index (χ3n) is 10.6. The van der Waals surface area contributed by atoms with E-state index in [4.69, 9.17) is 0 Å². The predicted octanol–water partition coefficient (Wildman–Crippen LogP) is 13.6. The van der Waals surface area contributed by atoms with E-state index >= 15 is 0 Å². The third kappa shape index (κ3) is 4.87. The second kappa shape index (κ2) is 12.5. The molecule has 0 aliphatic heterocycles. The molecule has 0 N–H and O–H groups in total. The molecular formula is C51H32N2. The highest BCUT2D eigenvalue weighted by molar-refractivity contribution is 6.22. The Morgan fingerprint density at radius 3 is 1.36 bits per heavy atom. The molecule has 0 fully saturated rings. The molecule has 10 aromatic rings. The van der Waals surface area contributed by atoms with Crippen LogP contribution in [0.5, 0.6) is 0 Å². The average molecular weight is 673 g/mol. The Balaban J connectivity index is 1.27. The van der Waals surface area contributed by atoms with Gasteiger partial charge in [-0.1, -0.05) is 164 Å². The monoisotopic (exact) mass is 672 g/mol. The van der Waals surface area contributed by atoms with Crippen molar-refractivity contribution in [2.45, 2.75) is 0 Å². The number of fused-ring (bicyclic) bond motifs is 5. The molecule has 1 aromatic heterocycles. The zero-order valence-corrected chi connectivity index (χ0v) is 28.9. The van der Waals surface area contributed by atoms with Gasteiger partial charge in [-0.2, -0.15) is 5.26 Å². The van der Waals surface area contributed by atoms with E-state index in [-0.39, 0.29) is 0 Å². The van der Waals surface area contributed by atoms with Crippen molar-refractivity contribution < 1.29 is 0 Å². The number of hydrogen-bond donors (Lipinski definition) is 0. The van der Waals surface area contributed by atoms with Crippen molar-refractivity contribution in [3.63, 3.8) is 0 Å². The zero-order chi connectivity index (χ0) is 35.3. The van der Waals surface area contributed by atoms with E-state index in [1.54, 1.807) is 0 Å². The van der Waals surface area contributed by atoms with Gasteiger partial charge < -0.3 is 4.57 Å². The Hall–Kier alpha value is -7.21. The molecule has 0 spiro atoms. The lowest BCUT2D eigenvalue weighted by Crippen LogP contribution is -1.98. The van der Waals surface area contributed by atoms with Crippen molar-refractivity contribution in [1.29, 1.82) is 5.26 Å². The minimum Gasteiger partial charge on any atom is -0.309 e. The van der Waals surface area contributed by atoms with Gasteiger partial charge in [0.1, 0.15) is 0 Å². The fourth-order valence-corrected chi connectivity index (χ4v) is 8.42. The fourth-order valence-electron chi connectivity index (χ4n) is 8.42. The minimum atomic E-state index is 0.632. The van der Waals surface area contributed by atoms with E-state index in [9.17, 15) is 5.26 Å². The van der Waals surface area contributed by atoms with E-state index in [1.165, 1.54) is 43.7 Å². The fraction of sp³-hybridized carbons (Fsp3) is 0. The van der Waals surface area contributed by atoms with E-state index in [2.05, 4.69) is 199 Å². The van der Waals surface area contributed by atoms with Crippen molar-refractivity contribution in [3.8, 4) is 56.3 Å². The SMILES string of the molecule is N#Cc1ccc(-c2ccccc2-c2ccccc2-n2c3ccccc3c3ccccc32)c(-c2c3ccccc3c(-c3ccccc3)c3ccccc23)c1.